The van der Waals surface area contributed by atoms with Crippen LogP contribution in [0.25, 0.3) is 11.2 Å². The molecule has 0 fully saturated rings. The third kappa shape index (κ3) is 5.02. The fourth-order valence-electron chi connectivity index (χ4n) is 3.26. The number of aromatic amines is 1. The van der Waals surface area contributed by atoms with Crippen LogP contribution in [0.2, 0.25) is 0 Å². The molecule has 2 aromatic heterocycles. The number of para-hydroxylation sites is 1. The van der Waals surface area contributed by atoms with Crippen LogP contribution in [0.5, 0.6) is 11.5 Å². The van der Waals surface area contributed by atoms with E-state index < -0.39 is 17.4 Å². The van der Waals surface area contributed by atoms with Gasteiger partial charge in [0.25, 0.3) is 5.56 Å². The van der Waals surface area contributed by atoms with Gasteiger partial charge in [-0.3, -0.25) is 14.3 Å². The van der Waals surface area contributed by atoms with E-state index in [0.717, 1.165) is 4.47 Å². The topological polar surface area (TPSA) is 147 Å². The lowest BCUT2D eigenvalue weighted by Crippen LogP contribution is -2.30. The molecule has 0 unspecified atom stereocenters. The highest BCUT2D eigenvalue weighted by Gasteiger charge is 2.20. The fourth-order valence-corrected chi connectivity index (χ4v) is 3.64. The van der Waals surface area contributed by atoms with Gasteiger partial charge in [-0.15, -0.1) is 0 Å². The van der Waals surface area contributed by atoms with E-state index in [2.05, 4.69) is 36.4 Å². The number of ether oxygens (including phenoxy) is 1. The van der Waals surface area contributed by atoms with Gasteiger partial charge in [-0.05, 0) is 30.3 Å². The largest absolute Gasteiger partial charge is 0.507 e. The Bertz CT molecular complexity index is 1460. The number of nitrogens with zero attached hydrogens (tertiary/aromatic N) is 4. The zero-order chi connectivity index (χ0) is 24.2. The van der Waals surface area contributed by atoms with E-state index in [1.807, 2.05) is 18.2 Å². The van der Waals surface area contributed by atoms with Crippen LogP contribution in [0.1, 0.15) is 5.56 Å². The number of rotatable bonds is 8. The summed E-state index contributed by atoms with van der Waals surface area (Å²) in [6, 6.07) is 13.9. The first kappa shape index (κ1) is 23.3. The normalized spacial score (nSPS) is 12.3. The minimum Gasteiger partial charge on any atom is -0.507 e. The zero-order valence-corrected chi connectivity index (χ0v) is 19.6. The Morgan fingerprint density at radius 2 is 2.03 bits per heavy atom. The van der Waals surface area contributed by atoms with Crippen LogP contribution in [0, 0.1) is 0 Å². The summed E-state index contributed by atoms with van der Waals surface area (Å²) in [5.74, 6) is 0.731. The molecule has 176 valence electrons. The van der Waals surface area contributed by atoms with Gasteiger partial charge in [0.2, 0.25) is 5.95 Å². The molecule has 4 rings (SSSR count). The number of hydrogen-bond acceptors (Lipinski definition) is 8. The van der Waals surface area contributed by atoms with Crippen molar-refractivity contribution >= 4 is 39.3 Å². The van der Waals surface area contributed by atoms with Crippen molar-refractivity contribution < 1.29 is 14.9 Å². The predicted octanol–water partition coefficient (Wildman–Crippen LogP) is 1.78. The summed E-state index contributed by atoms with van der Waals surface area (Å²) in [5.41, 5.74) is 2.10. The first-order valence-corrected chi connectivity index (χ1v) is 11.0. The van der Waals surface area contributed by atoms with Gasteiger partial charge >= 0.3 is 5.69 Å². The van der Waals surface area contributed by atoms with Gasteiger partial charge in [-0.25, -0.2) is 10.2 Å². The van der Waals surface area contributed by atoms with E-state index in [4.69, 9.17) is 4.74 Å². The van der Waals surface area contributed by atoms with Crippen molar-refractivity contribution in [1.82, 2.24) is 19.1 Å². The number of aryl methyl sites for hydroxylation is 1. The number of aliphatic hydroxyl groups is 1. The molecule has 34 heavy (non-hydrogen) atoms. The van der Waals surface area contributed by atoms with E-state index in [0.29, 0.717) is 11.3 Å². The quantitative estimate of drug-likeness (QED) is 0.201. The molecule has 0 amide bonds. The molecular formula is C22H21BrN6O5. The highest BCUT2D eigenvalue weighted by molar-refractivity contribution is 9.10. The molecule has 2 heterocycles. The predicted molar refractivity (Wildman–Crippen MR) is 131 cm³/mol. The smallest absolute Gasteiger partial charge is 0.329 e. The summed E-state index contributed by atoms with van der Waals surface area (Å²) in [7, 11) is 1.47. The van der Waals surface area contributed by atoms with Crippen molar-refractivity contribution in [3.8, 4) is 11.5 Å². The van der Waals surface area contributed by atoms with Crippen molar-refractivity contribution in [2.24, 2.45) is 12.1 Å². The van der Waals surface area contributed by atoms with Crippen molar-refractivity contribution in [1.29, 1.82) is 0 Å². The first-order valence-electron chi connectivity index (χ1n) is 10.2. The third-order valence-corrected chi connectivity index (χ3v) is 5.44. The van der Waals surface area contributed by atoms with E-state index in [-0.39, 0.29) is 36.0 Å². The maximum Gasteiger partial charge on any atom is 0.329 e. The second-order valence-electron chi connectivity index (χ2n) is 7.39. The van der Waals surface area contributed by atoms with Crippen molar-refractivity contribution in [2.75, 3.05) is 12.0 Å². The van der Waals surface area contributed by atoms with Crippen LogP contribution in [0.4, 0.5) is 5.95 Å². The minimum absolute atomic E-state index is 0.0228. The highest BCUT2D eigenvalue weighted by atomic mass is 79.9. The second-order valence-corrected chi connectivity index (χ2v) is 8.30. The van der Waals surface area contributed by atoms with E-state index in [1.165, 1.54) is 28.5 Å². The number of imidazole rings is 1. The maximum atomic E-state index is 12.6. The SMILES string of the molecule is Cn1c(=O)[nH]c(=O)c2c1nc(N/N=C\c1cc(Br)ccc1O)n2C[C@H](O)COc1ccccc1. The molecular weight excluding hydrogens is 508 g/mol. The molecule has 11 nitrogen and oxygen atoms in total. The lowest BCUT2D eigenvalue weighted by molar-refractivity contribution is 0.0938. The Hall–Kier alpha value is -3.90. The Labute approximate surface area is 201 Å². The Balaban J connectivity index is 1.64. The van der Waals surface area contributed by atoms with Crippen LogP contribution in [-0.4, -0.2) is 48.2 Å². The molecule has 0 spiro atoms. The number of hydrogen-bond donors (Lipinski definition) is 4. The number of phenolic OH excluding ortho intramolecular Hbond substituents is 1. The number of halogens is 1. The number of nitrogens with one attached hydrogen (secondary N) is 2. The monoisotopic (exact) mass is 528 g/mol. The molecule has 4 N–H and O–H groups in total. The molecule has 0 saturated heterocycles. The summed E-state index contributed by atoms with van der Waals surface area (Å²) in [4.78, 5) is 31.2. The minimum atomic E-state index is -1.01. The lowest BCUT2D eigenvalue weighted by atomic mass is 10.2. The van der Waals surface area contributed by atoms with Crippen molar-refractivity contribution in [3.05, 3.63) is 79.4 Å². The fraction of sp³-hybridized carbons (Fsp3) is 0.182. The van der Waals surface area contributed by atoms with Crippen LogP contribution in [0.15, 0.2) is 67.7 Å². The average Bonchev–Trinajstić information content (AvgIpc) is 3.18. The molecule has 4 aromatic rings. The number of benzene rings is 2. The third-order valence-electron chi connectivity index (χ3n) is 4.94. The zero-order valence-electron chi connectivity index (χ0n) is 18.0. The number of phenols is 1. The number of hydrazone groups is 1. The standard InChI is InChI=1S/C22H21BrN6O5/c1-28-19-18(20(32)26-22(28)33)29(11-15(30)12-34-16-5-3-2-4-6-16)21(25-19)27-24-10-13-9-14(23)7-8-17(13)31/h2-10,15,30-31H,11-12H2,1H3,(H,25,27)(H,26,32,33)/b24-10-/t15-/m0/s1. The molecule has 0 bridgehead atoms. The number of aliphatic hydroxyl groups excluding tert-OH is 1. The maximum absolute atomic E-state index is 12.6. The van der Waals surface area contributed by atoms with Crippen LogP contribution < -0.4 is 21.4 Å². The second kappa shape index (κ2) is 9.93. The molecule has 0 aliphatic carbocycles. The highest BCUT2D eigenvalue weighted by Crippen LogP contribution is 2.21. The van der Waals surface area contributed by atoms with Gasteiger partial charge in [0.05, 0.1) is 12.8 Å². The van der Waals surface area contributed by atoms with Crippen LogP contribution in [-0.2, 0) is 13.6 Å². The van der Waals surface area contributed by atoms with Gasteiger partial charge < -0.3 is 19.5 Å². The van der Waals surface area contributed by atoms with Crippen molar-refractivity contribution in [2.45, 2.75) is 12.6 Å². The molecule has 0 radical (unpaired) electrons. The molecule has 1 atom stereocenters. The number of aromatic hydroxyl groups is 1. The number of H-pyrrole nitrogens is 1. The molecule has 0 aliphatic heterocycles. The van der Waals surface area contributed by atoms with Crippen LogP contribution >= 0.6 is 15.9 Å². The molecule has 0 aliphatic rings. The molecule has 0 saturated carbocycles. The first-order chi connectivity index (χ1) is 16.3. The summed E-state index contributed by atoms with van der Waals surface area (Å²) in [6.07, 6.45) is 0.370. The van der Waals surface area contributed by atoms with E-state index in [9.17, 15) is 19.8 Å². The Morgan fingerprint density at radius 3 is 2.79 bits per heavy atom. The van der Waals surface area contributed by atoms with Crippen LogP contribution in [0.3, 0.4) is 0 Å². The van der Waals surface area contributed by atoms with E-state index in [1.54, 1.807) is 24.3 Å². The molecule has 2 aromatic carbocycles. The Morgan fingerprint density at radius 1 is 1.26 bits per heavy atom. The Kier molecular flexibility index (Phi) is 6.80. The summed E-state index contributed by atoms with van der Waals surface area (Å²) in [6.45, 7) is -0.105. The van der Waals surface area contributed by atoms with Gasteiger partial charge in [0.15, 0.2) is 11.2 Å². The summed E-state index contributed by atoms with van der Waals surface area (Å²) < 4.78 is 8.96. The van der Waals surface area contributed by atoms with Gasteiger partial charge in [-0.1, -0.05) is 34.1 Å². The number of fused-ring (bicyclic) bond motifs is 1. The van der Waals surface area contributed by atoms with Gasteiger partial charge in [0.1, 0.15) is 24.2 Å². The average molecular weight is 529 g/mol. The van der Waals surface area contributed by atoms with E-state index >= 15 is 0 Å². The van der Waals surface area contributed by atoms with Gasteiger partial charge in [0, 0.05) is 17.1 Å². The number of aromatic nitrogens is 4. The number of anilines is 1. The van der Waals surface area contributed by atoms with Crippen molar-refractivity contribution in [3.63, 3.8) is 0 Å². The molecule has 12 heteroatoms. The summed E-state index contributed by atoms with van der Waals surface area (Å²) >= 11 is 3.33. The lowest BCUT2D eigenvalue weighted by Gasteiger charge is -2.15. The summed E-state index contributed by atoms with van der Waals surface area (Å²) in [5, 5.41) is 24.7. The van der Waals surface area contributed by atoms with Gasteiger partial charge in [-0.2, -0.15) is 10.1 Å².